The zero-order valence-electron chi connectivity index (χ0n) is 17.7. The summed E-state index contributed by atoms with van der Waals surface area (Å²) in [5.41, 5.74) is 0.858. The number of nitro benzene ring substituents is 1. The molecule has 0 aliphatic carbocycles. The number of hydrogen-bond acceptors (Lipinski definition) is 6. The smallest absolute Gasteiger partial charge is 0.293 e. The second kappa shape index (κ2) is 9.18. The molecule has 12 heteroatoms. The van der Waals surface area contributed by atoms with Crippen molar-refractivity contribution >= 4 is 46.8 Å². The lowest BCUT2D eigenvalue weighted by atomic mass is 10.1. The Bertz CT molecular complexity index is 1140. The Labute approximate surface area is 188 Å². The topological polar surface area (TPSA) is 131 Å². The Hall–Kier alpha value is -3.73. The third kappa shape index (κ3) is 4.62. The summed E-state index contributed by atoms with van der Waals surface area (Å²) in [6.07, 6.45) is 3.41. The first-order valence-corrected chi connectivity index (χ1v) is 10.0. The number of halogens is 1. The highest BCUT2D eigenvalue weighted by Gasteiger charge is 2.31. The van der Waals surface area contributed by atoms with Crippen molar-refractivity contribution in [2.45, 2.75) is 20.3 Å². The van der Waals surface area contributed by atoms with Crippen LogP contribution in [0.4, 0.5) is 11.4 Å². The van der Waals surface area contributed by atoms with E-state index in [1.807, 2.05) is 0 Å². The number of nitro groups is 1. The zero-order chi connectivity index (χ0) is 23.6. The number of amides is 3. The van der Waals surface area contributed by atoms with Gasteiger partial charge in [0.2, 0.25) is 5.91 Å². The Morgan fingerprint density at radius 1 is 1.25 bits per heavy atom. The first-order chi connectivity index (χ1) is 15.1. The van der Waals surface area contributed by atoms with E-state index >= 15 is 0 Å². The maximum absolute atomic E-state index is 13.0. The van der Waals surface area contributed by atoms with Gasteiger partial charge in [-0.1, -0.05) is 11.6 Å². The number of hydrazine groups is 1. The van der Waals surface area contributed by atoms with Gasteiger partial charge in [0.15, 0.2) is 0 Å². The van der Waals surface area contributed by atoms with Crippen LogP contribution in [-0.2, 0) is 16.6 Å². The molecule has 168 valence electrons. The van der Waals surface area contributed by atoms with Crippen molar-refractivity contribution in [3.05, 3.63) is 56.4 Å². The number of carbonyl (C=O) groups is 3. The van der Waals surface area contributed by atoms with Gasteiger partial charge in [0.25, 0.3) is 17.5 Å². The highest BCUT2D eigenvalue weighted by molar-refractivity contribution is 6.31. The van der Waals surface area contributed by atoms with E-state index in [0.29, 0.717) is 29.4 Å². The van der Waals surface area contributed by atoms with E-state index in [9.17, 15) is 24.5 Å². The number of aryl methyl sites for hydroxylation is 2. The van der Waals surface area contributed by atoms with Crippen LogP contribution < -0.4 is 5.32 Å². The predicted molar refractivity (Wildman–Crippen MR) is 117 cm³/mol. The van der Waals surface area contributed by atoms with Gasteiger partial charge in [-0.05, 0) is 31.6 Å². The van der Waals surface area contributed by atoms with Gasteiger partial charge in [-0.2, -0.15) is 5.10 Å². The molecule has 1 N–H and O–H groups in total. The fourth-order valence-corrected chi connectivity index (χ4v) is 3.63. The third-order valence-electron chi connectivity index (χ3n) is 4.86. The minimum Gasteiger partial charge on any atom is -0.321 e. The van der Waals surface area contributed by atoms with Crippen molar-refractivity contribution in [3.8, 4) is 0 Å². The van der Waals surface area contributed by atoms with Gasteiger partial charge < -0.3 is 5.32 Å². The molecule has 1 aliphatic rings. The molecule has 1 aliphatic heterocycles. The lowest BCUT2D eigenvalue weighted by Crippen LogP contribution is -2.44. The predicted octanol–water partition coefficient (Wildman–Crippen LogP) is 2.55. The van der Waals surface area contributed by atoms with Crippen molar-refractivity contribution in [1.82, 2.24) is 19.8 Å². The molecule has 1 aromatic carbocycles. The van der Waals surface area contributed by atoms with Crippen LogP contribution in [0, 0.1) is 17.0 Å². The molecule has 2 heterocycles. The number of carbonyl (C=O) groups excluding carboxylic acids is 3. The van der Waals surface area contributed by atoms with E-state index in [2.05, 4.69) is 10.4 Å². The third-order valence-corrected chi connectivity index (χ3v) is 5.31. The van der Waals surface area contributed by atoms with Crippen molar-refractivity contribution in [1.29, 1.82) is 0 Å². The van der Waals surface area contributed by atoms with Gasteiger partial charge in [0, 0.05) is 50.3 Å². The molecular formula is C20H21ClN6O5. The molecule has 1 fully saturated rings. The van der Waals surface area contributed by atoms with Crippen LogP contribution in [0.5, 0.6) is 0 Å². The molecule has 1 saturated heterocycles. The molecule has 2 aromatic rings. The van der Waals surface area contributed by atoms with Gasteiger partial charge >= 0.3 is 0 Å². The number of benzene rings is 1. The SMILES string of the molecule is CC(=O)Nc1ccc(C(=O)N2CCCN2C(=O)C=Cc2c(C)nn(C)c2Cl)cc1[N+](=O)[O-]. The van der Waals surface area contributed by atoms with Crippen LogP contribution >= 0.6 is 11.6 Å². The zero-order valence-corrected chi connectivity index (χ0v) is 18.4. The monoisotopic (exact) mass is 460 g/mol. The average Bonchev–Trinajstić information content (AvgIpc) is 3.31. The number of rotatable bonds is 5. The van der Waals surface area contributed by atoms with E-state index in [1.165, 1.54) is 39.8 Å². The average molecular weight is 461 g/mol. The standard InChI is InChI=1S/C20H21ClN6O5/c1-12-15(19(21)24(3)23-12)6-8-18(29)25-9-4-10-26(25)20(30)14-5-7-16(22-13(2)28)17(11-14)27(31)32/h5-8,11H,4,9-10H2,1-3H3,(H,22,28). The van der Waals surface area contributed by atoms with Crippen molar-refractivity contribution < 1.29 is 19.3 Å². The molecular weight excluding hydrogens is 440 g/mol. The number of nitrogens with one attached hydrogen (secondary N) is 1. The second-order valence-electron chi connectivity index (χ2n) is 7.16. The molecule has 0 bridgehead atoms. The molecule has 3 amide bonds. The second-order valence-corrected chi connectivity index (χ2v) is 7.52. The molecule has 32 heavy (non-hydrogen) atoms. The molecule has 0 radical (unpaired) electrons. The highest BCUT2D eigenvalue weighted by atomic mass is 35.5. The van der Waals surface area contributed by atoms with Crippen molar-refractivity contribution in [2.75, 3.05) is 18.4 Å². The largest absolute Gasteiger partial charge is 0.321 e. The lowest BCUT2D eigenvalue weighted by molar-refractivity contribution is -0.384. The number of nitrogens with zero attached hydrogens (tertiary/aromatic N) is 5. The van der Waals surface area contributed by atoms with Crippen LogP contribution in [0.25, 0.3) is 6.08 Å². The molecule has 0 spiro atoms. The quantitative estimate of drug-likeness (QED) is 0.414. The summed E-state index contributed by atoms with van der Waals surface area (Å²) in [6, 6.07) is 3.75. The summed E-state index contributed by atoms with van der Waals surface area (Å²) in [6.45, 7) is 3.59. The van der Waals surface area contributed by atoms with Crippen molar-refractivity contribution in [3.63, 3.8) is 0 Å². The van der Waals surface area contributed by atoms with Gasteiger partial charge in [-0.3, -0.25) is 29.2 Å². The number of aromatic nitrogens is 2. The molecule has 1 aromatic heterocycles. The molecule has 11 nitrogen and oxygen atoms in total. The summed E-state index contributed by atoms with van der Waals surface area (Å²) in [5, 5.41) is 20.8. The number of anilines is 1. The van der Waals surface area contributed by atoms with Gasteiger partial charge in [0.1, 0.15) is 10.8 Å². The van der Waals surface area contributed by atoms with E-state index in [4.69, 9.17) is 11.6 Å². The lowest BCUT2D eigenvalue weighted by Gasteiger charge is -2.27. The van der Waals surface area contributed by atoms with Gasteiger partial charge in [-0.25, -0.2) is 10.0 Å². The van der Waals surface area contributed by atoms with Crippen LogP contribution in [-0.4, -0.2) is 55.5 Å². The first kappa shape index (κ1) is 22.9. The Morgan fingerprint density at radius 2 is 1.94 bits per heavy atom. The van der Waals surface area contributed by atoms with Crippen LogP contribution in [0.3, 0.4) is 0 Å². The van der Waals surface area contributed by atoms with E-state index in [-0.39, 0.29) is 17.8 Å². The first-order valence-electron chi connectivity index (χ1n) is 9.66. The number of hydrogen-bond donors (Lipinski definition) is 1. The summed E-state index contributed by atoms with van der Waals surface area (Å²) >= 11 is 6.18. The molecule has 0 atom stereocenters. The van der Waals surface area contributed by atoms with Crippen molar-refractivity contribution in [2.24, 2.45) is 7.05 Å². The van der Waals surface area contributed by atoms with Crippen LogP contribution in [0.15, 0.2) is 24.3 Å². The Kier molecular flexibility index (Phi) is 6.58. The molecule has 0 saturated carbocycles. The van der Waals surface area contributed by atoms with E-state index < -0.39 is 28.3 Å². The summed E-state index contributed by atoms with van der Waals surface area (Å²) in [7, 11) is 1.69. The fourth-order valence-electron chi connectivity index (χ4n) is 3.39. The summed E-state index contributed by atoms with van der Waals surface area (Å²) in [4.78, 5) is 47.8. The summed E-state index contributed by atoms with van der Waals surface area (Å²) < 4.78 is 1.49. The maximum Gasteiger partial charge on any atom is 0.293 e. The minimum atomic E-state index is -0.683. The molecule has 3 rings (SSSR count). The van der Waals surface area contributed by atoms with E-state index in [1.54, 1.807) is 20.0 Å². The van der Waals surface area contributed by atoms with Crippen LogP contribution in [0.2, 0.25) is 5.15 Å². The fraction of sp³-hybridized carbons (Fsp3) is 0.300. The Morgan fingerprint density at radius 3 is 2.53 bits per heavy atom. The maximum atomic E-state index is 13.0. The molecule has 0 unspecified atom stereocenters. The van der Waals surface area contributed by atoms with Gasteiger partial charge in [-0.15, -0.1) is 0 Å². The normalized spacial score (nSPS) is 13.6. The minimum absolute atomic E-state index is 0.0138. The van der Waals surface area contributed by atoms with Crippen LogP contribution in [0.1, 0.15) is 35.0 Å². The summed E-state index contributed by atoms with van der Waals surface area (Å²) in [5.74, 6) is -1.46. The van der Waals surface area contributed by atoms with E-state index in [0.717, 1.165) is 6.07 Å². The van der Waals surface area contributed by atoms with Gasteiger partial charge in [0.05, 0.1) is 10.6 Å². The Balaban J connectivity index is 1.83. The highest BCUT2D eigenvalue weighted by Crippen LogP contribution is 2.27.